The van der Waals surface area contributed by atoms with Crippen LogP contribution < -0.4 is 14.8 Å². The van der Waals surface area contributed by atoms with Gasteiger partial charge in [-0.05, 0) is 6.42 Å². The third kappa shape index (κ3) is 2.37. The molecule has 1 amide bonds. The molecule has 9 heteroatoms. The minimum absolute atomic E-state index is 0.298. The van der Waals surface area contributed by atoms with Crippen molar-refractivity contribution in [1.82, 2.24) is 19.7 Å². The van der Waals surface area contributed by atoms with Crippen LogP contribution in [0, 0.1) is 0 Å². The van der Waals surface area contributed by atoms with Gasteiger partial charge in [-0.1, -0.05) is 11.3 Å². The highest BCUT2D eigenvalue weighted by molar-refractivity contribution is 7.22. The Balaban J connectivity index is 1.63. The first-order valence-electron chi connectivity index (χ1n) is 7.45. The van der Waals surface area contributed by atoms with E-state index in [4.69, 9.17) is 9.47 Å². The Kier molecular flexibility index (Phi) is 3.57. The summed E-state index contributed by atoms with van der Waals surface area (Å²) in [4.78, 5) is 16.9. The zero-order valence-corrected chi connectivity index (χ0v) is 14.0. The minimum Gasteiger partial charge on any atom is -0.493 e. The number of methoxy groups -OCH3 is 2. The van der Waals surface area contributed by atoms with Crippen molar-refractivity contribution in [3.05, 3.63) is 23.8 Å². The van der Waals surface area contributed by atoms with Crippen molar-refractivity contribution < 1.29 is 14.3 Å². The van der Waals surface area contributed by atoms with Gasteiger partial charge in [0.15, 0.2) is 16.6 Å². The normalized spacial score (nSPS) is 13.1. The van der Waals surface area contributed by atoms with Crippen molar-refractivity contribution in [2.24, 2.45) is 0 Å². The summed E-state index contributed by atoms with van der Waals surface area (Å²) in [5.74, 6) is 2.12. The van der Waals surface area contributed by atoms with Gasteiger partial charge in [0.25, 0.3) is 5.91 Å². The molecule has 1 aliphatic rings. The van der Waals surface area contributed by atoms with Gasteiger partial charge in [0.05, 0.1) is 24.4 Å². The largest absolute Gasteiger partial charge is 0.493 e. The molecule has 0 radical (unpaired) electrons. The van der Waals surface area contributed by atoms with Crippen LogP contribution in [0.1, 0.15) is 22.9 Å². The molecular weight excluding hydrogens is 330 g/mol. The highest BCUT2D eigenvalue weighted by Crippen LogP contribution is 2.36. The Morgan fingerprint density at radius 3 is 2.83 bits per heavy atom. The van der Waals surface area contributed by atoms with Crippen LogP contribution in [0.5, 0.6) is 11.5 Å². The molecule has 1 N–H and O–H groups in total. The molecule has 1 aliphatic heterocycles. The molecule has 0 spiro atoms. The molecule has 0 unspecified atom stereocenters. The molecule has 0 fully saturated rings. The zero-order chi connectivity index (χ0) is 16.7. The van der Waals surface area contributed by atoms with Gasteiger partial charge >= 0.3 is 0 Å². The first-order valence-corrected chi connectivity index (χ1v) is 8.27. The van der Waals surface area contributed by atoms with Crippen LogP contribution in [0.3, 0.4) is 0 Å². The third-order valence-electron chi connectivity index (χ3n) is 3.93. The predicted molar refractivity (Wildman–Crippen MR) is 89.0 cm³/mol. The van der Waals surface area contributed by atoms with E-state index in [1.165, 1.54) is 11.3 Å². The molecule has 8 nitrogen and oxygen atoms in total. The number of nitrogens with zero attached hydrogens (tertiary/aromatic N) is 4. The Hall–Kier alpha value is -2.68. The van der Waals surface area contributed by atoms with E-state index in [1.807, 2.05) is 10.6 Å². The fourth-order valence-electron chi connectivity index (χ4n) is 2.78. The van der Waals surface area contributed by atoms with E-state index >= 15 is 0 Å². The zero-order valence-electron chi connectivity index (χ0n) is 13.2. The van der Waals surface area contributed by atoms with Gasteiger partial charge in [-0.15, -0.1) is 10.2 Å². The monoisotopic (exact) mass is 345 g/mol. The molecule has 124 valence electrons. The molecule has 1 aromatic carbocycles. The van der Waals surface area contributed by atoms with Crippen molar-refractivity contribution in [1.29, 1.82) is 0 Å². The van der Waals surface area contributed by atoms with E-state index in [1.54, 1.807) is 20.3 Å². The molecular formula is C15H15N5O3S. The number of carbonyl (C=O) groups is 1. The number of rotatable bonds is 4. The summed E-state index contributed by atoms with van der Waals surface area (Å²) in [6, 6.07) is 3.63. The Morgan fingerprint density at radius 1 is 1.25 bits per heavy atom. The van der Waals surface area contributed by atoms with Gasteiger partial charge in [-0.2, -0.15) is 0 Å². The number of hydrogen-bond donors (Lipinski definition) is 1. The second-order valence-electron chi connectivity index (χ2n) is 5.34. The fourth-order valence-corrected chi connectivity index (χ4v) is 3.65. The van der Waals surface area contributed by atoms with Gasteiger partial charge in [0.2, 0.25) is 5.82 Å². The van der Waals surface area contributed by atoms with Crippen LogP contribution in [-0.2, 0) is 13.0 Å². The van der Waals surface area contributed by atoms with Crippen LogP contribution in [0.15, 0.2) is 12.1 Å². The first kappa shape index (κ1) is 14.9. The van der Waals surface area contributed by atoms with Crippen molar-refractivity contribution in [3.63, 3.8) is 0 Å². The lowest BCUT2D eigenvalue weighted by molar-refractivity contribution is 0.101. The molecule has 0 saturated heterocycles. The summed E-state index contributed by atoms with van der Waals surface area (Å²) in [6.07, 6.45) is 1.85. The molecule has 0 saturated carbocycles. The van der Waals surface area contributed by atoms with Gasteiger partial charge < -0.3 is 14.0 Å². The number of aryl methyl sites for hydroxylation is 1. The van der Waals surface area contributed by atoms with E-state index in [-0.39, 0.29) is 5.91 Å². The average Bonchev–Trinajstić information content (AvgIpc) is 3.27. The minimum atomic E-state index is -0.298. The van der Waals surface area contributed by atoms with E-state index in [0.717, 1.165) is 35.4 Å². The number of anilines is 1. The van der Waals surface area contributed by atoms with Crippen LogP contribution in [0.2, 0.25) is 0 Å². The SMILES string of the molecule is COc1cc2nc(NC(=O)c3nnc4n3CCC4)sc2cc1OC. The third-order valence-corrected chi connectivity index (χ3v) is 4.86. The topological polar surface area (TPSA) is 91.2 Å². The number of amides is 1. The number of benzene rings is 1. The Labute approximate surface area is 141 Å². The van der Waals surface area contributed by atoms with Crippen LogP contribution in [0.4, 0.5) is 5.13 Å². The number of hydrogen-bond acceptors (Lipinski definition) is 7. The van der Waals surface area contributed by atoms with E-state index < -0.39 is 0 Å². The lowest BCUT2D eigenvalue weighted by Crippen LogP contribution is -2.17. The van der Waals surface area contributed by atoms with Crippen molar-refractivity contribution in [2.75, 3.05) is 19.5 Å². The standard InChI is InChI=1S/C15H15N5O3S/c1-22-9-6-8-11(7-10(9)23-2)24-15(16-8)17-14(21)13-19-18-12-4-3-5-20(12)13/h6-7H,3-5H2,1-2H3,(H,16,17,21). The molecule has 4 rings (SSSR count). The quantitative estimate of drug-likeness (QED) is 0.779. The number of thiazole rings is 1. The molecule has 0 bridgehead atoms. The van der Waals surface area contributed by atoms with Gasteiger partial charge in [0, 0.05) is 25.1 Å². The second-order valence-corrected chi connectivity index (χ2v) is 6.37. The van der Waals surface area contributed by atoms with Crippen molar-refractivity contribution in [3.8, 4) is 11.5 Å². The summed E-state index contributed by atoms with van der Waals surface area (Å²) in [6.45, 7) is 0.777. The maximum atomic E-state index is 12.4. The molecule has 0 atom stereocenters. The van der Waals surface area contributed by atoms with Crippen LogP contribution in [0.25, 0.3) is 10.2 Å². The molecule has 0 aliphatic carbocycles. The first-order chi connectivity index (χ1) is 11.7. The summed E-state index contributed by atoms with van der Waals surface area (Å²) < 4.78 is 13.3. The van der Waals surface area contributed by atoms with Gasteiger partial charge in [0.1, 0.15) is 5.82 Å². The maximum absolute atomic E-state index is 12.4. The smallest absolute Gasteiger partial charge is 0.295 e. The van der Waals surface area contributed by atoms with Crippen molar-refractivity contribution >= 4 is 32.6 Å². The molecule has 3 aromatic rings. The second kappa shape index (κ2) is 5.75. The number of carbonyl (C=O) groups excluding carboxylic acids is 1. The van der Waals surface area contributed by atoms with Gasteiger partial charge in [-0.25, -0.2) is 4.98 Å². The number of nitrogens with one attached hydrogen (secondary N) is 1. The van der Waals surface area contributed by atoms with Gasteiger partial charge in [-0.3, -0.25) is 10.1 Å². The number of ether oxygens (including phenoxy) is 2. The number of aromatic nitrogens is 4. The molecule has 2 aromatic heterocycles. The fraction of sp³-hybridized carbons (Fsp3) is 0.333. The lowest BCUT2D eigenvalue weighted by Gasteiger charge is -2.05. The highest BCUT2D eigenvalue weighted by Gasteiger charge is 2.23. The van der Waals surface area contributed by atoms with E-state index in [0.29, 0.717) is 22.5 Å². The van der Waals surface area contributed by atoms with Crippen LogP contribution >= 0.6 is 11.3 Å². The van der Waals surface area contributed by atoms with Crippen molar-refractivity contribution in [2.45, 2.75) is 19.4 Å². The highest BCUT2D eigenvalue weighted by atomic mass is 32.1. The average molecular weight is 345 g/mol. The maximum Gasteiger partial charge on any atom is 0.295 e. The summed E-state index contributed by atoms with van der Waals surface area (Å²) in [7, 11) is 3.16. The molecule has 3 heterocycles. The summed E-state index contributed by atoms with van der Waals surface area (Å²) >= 11 is 1.37. The Bertz CT molecular complexity index is 892. The summed E-state index contributed by atoms with van der Waals surface area (Å²) in [5, 5.41) is 11.3. The lowest BCUT2D eigenvalue weighted by atomic mass is 10.3. The van der Waals surface area contributed by atoms with Crippen LogP contribution in [-0.4, -0.2) is 39.9 Å². The predicted octanol–water partition coefficient (Wildman–Crippen LogP) is 2.10. The van der Waals surface area contributed by atoms with E-state index in [2.05, 4.69) is 20.5 Å². The summed E-state index contributed by atoms with van der Waals surface area (Å²) in [5.41, 5.74) is 0.736. The van der Waals surface area contributed by atoms with E-state index in [9.17, 15) is 4.79 Å². The molecule has 24 heavy (non-hydrogen) atoms. The Morgan fingerprint density at radius 2 is 2.04 bits per heavy atom. The number of fused-ring (bicyclic) bond motifs is 2.